The normalized spacial score (nSPS) is 10.7. The molecule has 0 aromatic heterocycles. The van der Waals surface area contributed by atoms with Crippen LogP contribution in [0, 0.1) is 0 Å². The van der Waals surface area contributed by atoms with Gasteiger partial charge in [-0.15, -0.1) is 0 Å². The maximum absolute atomic E-state index is 6.11. The van der Waals surface area contributed by atoms with Crippen LogP contribution in [0.25, 0.3) is 0 Å². The van der Waals surface area contributed by atoms with Crippen molar-refractivity contribution in [3.63, 3.8) is 0 Å². The number of nitrogens with one attached hydrogen (secondary N) is 1. The second kappa shape index (κ2) is 10.7. The van der Waals surface area contributed by atoms with Gasteiger partial charge in [0.2, 0.25) is 0 Å². The van der Waals surface area contributed by atoms with Crippen molar-refractivity contribution in [1.29, 1.82) is 0 Å². The molecule has 0 aliphatic rings. The molecule has 0 aliphatic carbocycles. The number of nitrogens with two attached hydrogens (primary N) is 1. The monoisotopic (exact) mass is 328 g/mol. The third-order valence-corrected chi connectivity index (χ3v) is 3.87. The highest BCUT2D eigenvalue weighted by Gasteiger charge is 2.03. The van der Waals surface area contributed by atoms with E-state index >= 15 is 0 Å². The smallest absolute Gasteiger partial charge is 0.142 e. The van der Waals surface area contributed by atoms with E-state index < -0.39 is 0 Å². The Morgan fingerprint density at radius 2 is 1.75 bits per heavy atom. The van der Waals surface area contributed by atoms with Gasteiger partial charge in [0.15, 0.2) is 0 Å². The lowest BCUT2D eigenvalue weighted by Crippen LogP contribution is -2.20. The zero-order valence-electron chi connectivity index (χ0n) is 14.5. The Hall–Kier alpha value is -2.04. The fourth-order valence-corrected chi connectivity index (χ4v) is 2.53. The van der Waals surface area contributed by atoms with E-state index in [-0.39, 0.29) is 0 Å². The Balaban J connectivity index is 1.71. The molecule has 2 aromatic carbocycles. The first kappa shape index (κ1) is 18.3. The average molecular weight is 328 g/mol. The van der Waals surface area contributed by atoms with Crippen molar-refractivity contribution < 1.29 is 9.47 Å². The van der Waals surface area contributed by atoms with Crippen molar-refractivity contribution in [2.45, 2.75) is 19.3 Å². The lowest BCUT2D eigenvalue weighted by atomic mass is 10.1. The molecule has 2 aromatic rings. The van der Waals surface area contributed by atoms with Gasteiger partial charge < -0.3 is 20.5 Å². The summed E-state index contributed by atoms with van der Waals surface area (Å²) in [6.07, 6.45) is 2.97. The summed E-state index contributed by atoms with van der Waals surface area (Å²) in [6, 6.07) is 16.4. The van der Waals surface area contributed by atoms with E-state index in [1.165, 1.54) is 11.1 Å². The largest absolute Gasteiger partial charge is 0.491 e. The number of rotatable bonds is 11. The van der Waals surface area contributed by atoms with Crippen molar-refractivity contribution in [3.05, 3.63) is 59.7 Å². The van der Waals surface area contributed by atoms with Gasteiger partial charge in [-0.25, -0.2) is 0 Å². The number of nitrogen functional groups attached to an aromatic ring is 1. The van der Waals surface area contributed by atoms with Gasteiger partial charge in [-0.1, -0.05) is 36.4 Å². The molecule has 0 radical (unpaired) electrons. The second-order valence-electron chi connectivity index (χ2n) is 5.80. The Bertz CT molecular complexity index is 587. The minimum absolute atomic E-state index is 0.636. The van der Waals surface area contributed by atoms with Crippen LogP contribution in [0.4, 0.5) is 5.69 Å². The Morgan fingerprint density at radius 3 is 2.50 bits per heavy atom. The zero-order chi connectivity index (χ0) is 17.0. The Kier molecular flexibility index (Phi) is 8.15. The predicted molar refractivity (Wildman–Crippen MR) is 99.6 cm³/mol. The molecule has 0 saturated heterocycles. The molecule has 0 amide bonds. The van der Waals surface area contributed by atoms with Crippen molar-refractivity contribution in [2.75, 3.05) is 39.1 Å². The molecular formula is C20H28N2O2. The molecule has 0 heterocycles. The fraction of sp³-hybridized carbons (Fsp3) is 0.400. The molecule has 0 unspecified atom stereocenters. The SMILES string of the molecule is COCCNCCCc1ccc(OCCc2ccccc2)c(N)c1. The molecule has 4 heteroatoms. The van der Waals surface area contributed by atoms with Gasteiger partial charge in [-0.05, 0) is 42.6 Å². The van der Waals surface area contributed by atoms with Gasteiger partial charge in [0.05, 0.1) is 18.9 Å². The van der Waals surface area contributed by atoms with Gasteiger partial charge >= 0.3 is 0 Å². The first-order chi connectivity index (χ1) is 11.8. The topological polar surface area (TPSA) is 56.5 Å². The molecule has 0 aliphatic heterocycles. The summed E-state index contributed by atoms with van der Waals surface area (Å²) in [5, 5.41) is 3.35. The third kappa shape index (κ3) is 6.60. The molecule has 0 saturated carbocycles. The number of aryl methyl sites for hydroxylation is 1. The Morgan fingerprint density at radius 1 is 0.917 bits per heavy atom. The van der Waals surface area contributed by atoms with E-state index in [4.69, 9.17) is 15.2 Å². The molecule has 0 bridgehead atoms. The lowest BCUT2D eigenvalue weighted by Gasteiger charge is -2.11. The number of methoxy groups -OCH3 is 1. The summed E-state index contributed by atoms with van der Waals surface area (Å²) in [4.78, 5) is 0. The van der Waals surface area contributed by atoms with Crippen molar-refractivity contribution in [1.82, 2.24) is 5.32 Å². The number of benzene rings is 2. The molecule has 2 rings (SSSR count). The molecule has 0 spiro atoms. The van der Waals surface area contributed by atoms with Crippen LogP contribution in [0.15, 0.2) is 48.5 Å². The number of hydrogen-bond acceptors (Lipinski definition) is 4. The van der Waals surface area contributed by atoms with Crippen LogP contribution in [0.2, 0.25) is 0 Å². The molecule has 0 atom stereocenters. The van der Waals surface area contributed by atoms with Crippen LogP contribution in [0.1, 0.15) is 17.5 Å². The predicted octanol–water partition coefficient (Wildman–Crippen LogP) is 3.06. The Labute approximate surface area is 145 Å². The van der Waals surface area contributed by atoms with Crippen LogP contribution in [0.3, 0.4) is 0 Å². The standard InChI is InChI=1S/C20H28N2O2/c1-23-15-13-22-12-5-8-18-9-10-20(19(21)16-18)24-14-11-17-6-3-2-4-7-17/h2-4,6-7,9-10,16,22H,5,8,11-15,21H2,1H3. The summed E-state index contributed by atoms with van der Waals surface area (Å²) in [6.45, 7) is 3.27. The highest BCUT2D eigenvalue weighted by Crippen LogP contribution is 2.23. The van der Waals surface area contributed by atoms with Crippen LogP contribution in [-0.4, -0.2) is 33.4 Å². The van der Waals surface area contributed by atoms with Crippen molar-refractivity contribution in [2.24, 2.45) is 0 Å². The third-order valence-electron chi connectivity index (χ3n) is 3.87. The van der Waals surface area contributed by atoms with Crippen LogP contribution in [0.5, 0.6) is 5.75 Å². The summed E-state index contributed by atoms with van der Waals surface area (Å²) >= 11 is 0. The maximum atomic E-state index is 6.11. The summed E-state index contributed by atoms with van der Waals surface area (Å²) in [5.41, 5.74) is 9.35. The minimum Gasteiger partial charge on any atom is -0.491 e. The first-order valence-electron chi connectivity index (χ1n) is 8.54. The summed E-state index contributed by atoms with van der Waals surface area (Å²) in [5.74, 6) is 0.771. The van der Waals surface area contributed by atoms with E-state index in [0.29, 0.717) is 12.3 Å². The van der Waals surface area contributed by atoms with Gasteiger partial charge in [-0.2, -0.15) is 0 Å². The molecule has 4 nitrogen and oxygen atoms in total. The summed E-state index contributed by atoms with van der Waals surface area (Å²) < 4.78 is 10.8. The van der Waals surface area contributed by atoms with E-state index in [1.54, 1.807) is 7.11 Å². The molecule has 130 valence electrons. The maximum Gasteiger partial charge on any atom is 0.142 e. The fourth-order valence-electron chi connectivity index (χ4n) is 2.53. The van der Waals surface area contributed by atoms with Crippen molar-refractivity contribution in [3.8, 4) is 5.75 Å². The first-order valence-corrected chi connectivity index (χ1v) is 8.54. The van der Waals surface area contributed by atoms with Crippen molar-refractivity contribution >= 4 is 5.69 Å². The molecule has 3 N–H and O–H groups in total. The van der Waals surface area contributed by atoms with E-state index in [0.717, 1.165) is 44.7 Å². The van der Waals surface area contributed by atoms with E-state index in [9.17, 15) is 0 Å². The number of anilines is 1. The zero-order valence-corrected chi connectivity index (χ0v) is 14.5. The quantitative estimate of drug-likeness (QED) is 0.492. The van der Waals surface area contributed by atoms with Crippen LogP contribution in [-0.2, 0) is 17.6 Å². The van der Waals surface area contributed by atoms with Crippen LogP contribution < -0.4 is 15.8 Å². The lowest BCUT2D eigenvalue weighted by molar-refractivity contribution is 0.199. The van der Waals surface area contributed by atoms with Gasteiger partial charge in [0.1, 0.15) is 5.75 Å². The molecule has 0 fully saturated rings. The highest BCUT2D eigenvalue weighted by atomic mass is 16.5. The number of ether oxygens (including phenoxy) is 2. The van der Waals surface area contributed by atoms with E-state index in [2.05, 4.69) is 23.5 Å². The van der Waals surface area contributed by atoms with Gasteiger partial charge in [-0.3, -0.25) is 0 Å². The second-order valence-corrected chi connectivity index (χ2v) is 5.80. The minimum atomic E-state index is 0.636. The van der Waals surface area contributed by atoms with E-state index in [1.807, 2.05) is 30.3 Å². The highest BCUT2D eigenvalue weighted by molar-refractivity contribution is 5.54. The van der Waals surface area contributed by atoms with Crippen LogP contribution >= 0.6 is 0 Å². The van der Waals surface area contributed by atoms with Gasteiger partial charge in [0, 0.05) is 20.1 Å². The molecular weight excluding hydrogens is 300 g/mol. The molecule has 24 heavy (non-hydrogen) atoms. The average Bonchev–Trinajstić information content (AvgIpc) is 2.61. The number of hydrogen-bond donors (Lipinski definition) is 2. The van der Waals surface area contributed by atoms with Gasteiger partial charge in [0.25, 0.3) is 0 Å². The summed E-state index contributed by atoms with van der Waals surface area (Å²) in [7, 11) is 1.72.